The average Bonchev–Trinajstić information content (AvgIpc) is 3.30. The molecule has 4 aliphatic carbocycles. The lowest BCUT2D eigenvalue weighted by atomic mass is 9.44. The van der Waals surface area contributed by atoms with E-state index in [2.05, 4.69) is 37.9 Å². The van der Waals surface area contributed by atoms with Gasteiger partial charge in [-0.3, -0.25) is 4.79 Å². The first-order valence-corrected chi connectivity index (χ1v) is 15.8. The molecule has 0 unspecified atom stereocenters. The minimum atomic E-state index is -0.300. The lowest BCUT2D eigenvalue weighted by Crippen LogP contribution is -2.56. The van der Waals surface area contributed by atoms with Gasteiger partial charge in [0.1, 0.15) is 0 Å². The van der Waals surface area contributed by atoms with E-state index in [1.807, 2.05) is 14.1 Å². The van der Waals surface area contributed by atoms with E-state index in [0.717, 1.165) is 49.7 Å². The third-order valence-electron chi connectivity index (χ3n) is 13.1. The van der Waals surface area contributed by atoms with Gasteiger partial charge in [-0.05, 0) is 118 Å². The predicted octanol–water partition coefficient (Wildman–Crippen LogP) is 5.87. The SMILES string of the molecule is C[C@@H]1CC[C@@]2(OC1)O[C@H]1C[C@H]3[C@@H]4CC[C@@H]5C[C@H](NC(=O)CCN(C)C)CC[C@]5(C)[C@H]4CC[C@]3(C)[C@H]1[C@@H]2C. The summed E-state index contributed by atoms with van der Waals surface area (Å²) in [5, 5.41) is 3.41. The molecule has 4 saturated carbocycles. The van der Waals surface area contributed by atoms with Gasteiger partial charge in [0.2, 0.25) is 5.91 Å². The molecule has 1 N–H and O–H groups in total. The maximum Gasteiger partial charge on any atom is 0.221 e. The molecule has 0 aromatic rings. The molecule has 6 fully saturated rings. The summed E-state index contributed by atoms with van der Waals surface area (Å²) >= 11 is 0. The summed E-state index contributed by atoms with van der Waals surface area (Å²) < 4.78 is 13.5. The maximum atomic E-state index is 12.5. The molecule has 0 radical (unpaired) electrons. The Hall–Kier alpha value is -0.650. The van der Waals surface area contributed by atoms with E-state index in [4.69, 9.17) is 9.47 Å². The van der Waals surface area contributed by atoms with Crippen LogP contribution in [0.1, 0.15) is 98.3 Å². The van der Waals surface area contributed by atoms with Gasteiger partial charge in [0, 0.05) is 31.3 Å². The van der Waals surface area contributed by atoms with Crippen LogP contribution in [0.15, 0.2) is 0 Å². The topological polar surface area (TPSA) is 50.8 Å². The van der Waals surface area contributed by atoms with E-state index in [1.54, 1.807) is 0 Å². The average molecular weight is 515 g/mol. The molecule has 5 heteroatoms. The Balaban J connectivity index is 1.13. The maximum absolute atomic E-state index is 12.5. The highest BCUT2D eigenvalue weighted by Gasteiger charge is 2.69. The van der Waals surface area contributed by atoms with E-state index in [-0.39, 0.29) is 11.7 Å². The summed E-state index contributed by atoms with van der Waals surface area (Å²) in [6.45, 7) is 11.8. The molecule has 210 valence electrons. The number of fused-ring (bicyclic) bond motifs is 7. The van der Waals surface area contributed by atoms with Gasteiger partial charge in [-0.2, -0.15) is 0 Å². The van der Waals surface area contributed by atoms with Crippen molar-refractivity contribution in [3.8, 4) is 0 Å². The standard InChI is InChI=1S/C32H54N2O3/c1-20-9-15-32(36-19-20)21(2)29-27(37-32)18-26-24-8-7-22-17-23(33-28(35)12-16-34(5)6)10-13-30(22,3)25(24)11-14-31(26,29)4/h20-27,29H,7-19H2,1-6H3,(H,33,35)/t20-,21+,22-,23-,24-,25+,26+,27+,29+,30+,31+,32-/m1/s1. The summed E-state index contributed by atoms with van der Waals surface area (Å²) in [5.74, 6) is 5.06. The van der Waals surface area contributed by atoms with Crippen LogP contribution in [-0.4, -0.2) is 56.0 Å². The third kappa shape index (κ3) is 4.24. The number of hydrogen-bond acceptors (Lipinski definition) is 4. The van der Waals surface area contributed by atoms with Gasteiger partial charge in [-0.1, -0.05) is 27.7 Å². The molecular formula is C32H54N2O3. The quantitative estimate of drug-likeness (QED) is 0.510. The third-order valence-corrected chi connectivity index (χ3v) is 13.1. The van der Waals surface area contributed by atoms with Gasteiger partial charge in [-0.15, -0.1) is 0 Å². The van der Waals surface area contributed by atoms with E-state index in [9.17, 15) is 4.79 Å². The van der Waals surface area contributed by atoms with Crippen molar-refractivity contribution in [1.82, 2.24) is 10.2 Å². The molecule has 0 aromatic heterocycles. The van der Waals surface area contributed by atoms with Crippen molar-refractivity contribution in [3.05, 3.63) is 0 Å². The minimum Gasteiger partial charge on any atom is -0.353 e. The highest BCUT2D eigenvalue weighted by molar-refractivity contribution is 5.76. The Labute approximate surface area is 226 Å². The molecule has 0 bridgehead atoms. The number of ether oxygens (including phenoxy) is 2. The molecule has 6 aliphatic rings. The van der Waals surface area contributed by atoms with Crippen LogP contribution in [0, 0.1) is 52.3 Å². The van der Waals surface area contributed by atoms with Gasteiger partial charge in [0.25, 0.3) is 0 Å². The fraction of sp³-hybridized carbons (Fsp3) is 0.969. The highest BCUT2D eigenvalue weighted by atomic mass is 16.7. The summed E-state index contributed by atoms with van der Waals surface area (Å²) in [6.07, 6.45) is 13.7. The molecule has 2 aliphatic heterocycles. The van der Waals surface area contributed by atoms with Crippen LogP contribution in [0.25, 0.3) is 0 Å². The van der Waals surface area contributed by atoms with Crippen LogP contribution in [0.3, 0.4) is 0 Å². The van der Waals surface area contributed by atoms with Crippen molar-refractivity contribution < 1.29 is 14.3 Å². The molecule has 12 atom stereocenters. The van der Waals surface area contributed by atoms with Crippen LogP contribution in [-0.2, 0) is 14.3 Å². The summed E-state index contributed by atoms with van der Waals surface area (Å²) in [4.78, 5) is 14.6. The summed E-state index contributed by atoms with van der Waals surface area (Å²) in [6, 6.07) is 0.382. The minimum absolute atomic E-state index is 0.241. The largest absolute Gasteiger partial charge is 0.353 e. The van der Waals surface area contributed by atoms with E-state index < -0.39 is 0 Å². The molecule has 0 aromatic carbocycles. The van der Waals surface area contributed by atoms with Gasteiger partial charge in [-0.25, -0.2) is 0 Å². The van der Waals surface area contributed by atoms with Crippen LogP contribution in [0.5, 0.6) is 0 Å². The second kappa shape index (κ2) is 9.47. The Morgan fingerprint density at radius 3 is 2.46 bits per heavy atom. The molecular weight excluding hydrogens is 460 g/mol. The molecule has 2 saturated heterocycles. The molecule has 1 spiro atoms. The fourth-order valence-corrected chi connectivity index (χ4v) is 11.0. The second-order valence-electron chi connectivity index (χ2n) is 15.3. The number of nitrogens with zero attached hydrogens (tertiary/aromatic N) is 1. The van der Waals surface area contributed by atoms with Gasteiger partial charge < -0.3 is 19.7 Å². The Morgan fingerprint density at radius 2 is 1.73 bits per heavy atom. The Kier molecular flexibility index (Phi) is 6.80. The van der Waals surface area contributed by atoms with E-state index >= 15 is 0 Å². The molecule has 37 heavy (non-hydrogen) atoms. The zero-order valence-electron chi connectivity index (χ0n) is 24.6. The lowest BCUT2D eigenvalue weighted by Gasteiger charge is -2.61. The van der Waals surface area contributed by atoms with Crippen molar-refractivity contribution in [2.75, 3.05) is 27.2 Å². The first kappa shape index (κ1) is 26.6. The van der Waals surface area contributed by atoms with E-state index in [0.29, 0.717) is 47.2 Å². The van der Waals surface area contributed by atoms with Crippen molar-refractivity contribution in [1.29, 1.82) is 0 Å². The van der Waals surface area contributed by atoms with Gasteiger partial charge in [0.05, 0.1) is 12.7 Å². The smallest absolute Gasteiger partial charge is 0.221 e. The molecule has 6 rings (SSSR count). The molecule has 1 amide bonds. The Morgan fingerprint density at radius 1 is 0.946 bits per heavy atom. The first-order valence-electron chi connectivity index (χ1n) is 15.8. The van der Waals surface area contributed by atoms with Crippen LogP contribution in [0.2, 0.25) is 0 Å². The summed E-state index contributed by atoms with van der Waals surface area (Å²) in [7, 11) is 4.08. The molecule has 5 nitrogen and oxygen atoms in total. The van der Waals surface area contributed by atoms with Gasteiger partial charge >= 0.3 is 0 Å². The molecule has 2 heterocycles. The fourth-order valence-electron chi connectivity index (χ4n) is 11.0. The van der Waals surface area contributed by atoms with Crippen LogP contribution < -0.4 is 5.32 Å². The number of hydrogen-bond donors (Lipinski definition) is 1. The Bertz CT molecular complexity index is 868. The first-order chi connectivity index (χ1) is 17.6. The second-order valence-corrected chi connectivity index (χ2v) is 15.3. The van der Waals surface area contributed by atoms with Crippen LogP contribution in [0.4, 0.5) is 0 Å². The number of nitrogens with one attached hydrogen (secondary N) is 1. The van der Waals surface area contributed by atoms with Crippen LogP contribution >= 0.6 is 0 Å². The van der Waals surface area contributed by atoms with Crippen molar-refractivity contribution >= 4 is 5.91 Å². The van der Waals surface area contributed by atoms with Crippen molar-refractivity contribution in [2.45, 2.75) is 116 Å². The predicted molar refractivity (Wildman–Crippen MR) is 147 cm³/mol. The van der Waals surface area contributed by atoms with Gasteiger partial charge in [0.15, 0.2) is 5.79 Å². The zero-order chi connectivity index (χ0) is 26.2. The number of rotatable bonds is 4. The number of carbonyl (C=O) groups excluding carboxylic acids is 1. The highest BCUT2D eigenvalue weighted by Crippen LogP contribution is 2.71. The van der Waals surface area contributed by atoms with E-state index in [1.165, 1.54) is 51.4 Å². The van der Waals surface area contributed by atoms with Crippen molar-refractivity contribution in [3.63, 3.8) is 0 Å². The zero-order valence-corrected chi connectivity index (χ0v) is 24.6. The monoisotopic (exact) mass is 514 g/mol. The lowest BCUT2D eigenvalue weighted by molar-refractivity contribution is -0.273. The normalized spacial score (nSPS) is 52.9. The number of carbonyl (C=O) groups is 1. The summed E-state index contributed by atoms with van der Waals surface area (Å²) in [5.41, 5.74) is 0.852. The number of amides is 1. The van der Waals surface area contributed by atoms with Crippen molar-refractivity contribution in [2.24, 2.45) is 52.3 Å².